The summed E-state index contributed by atoms with van der Waals surface area (Å²) in [6.07, 6.45) is 3.88. The van der Waals surface area contributed by atoms with Gasteiger partial charge in [-0.15, -0.1) is 0 Å². The van der Waals surface area contributed by atoms with Gasteiger partial charge in [-0.05, 0) is 53.0 Å². The Morgan fingerprint density at radius 2 is 1.55 bits per heavy atom. The molecule has 0 unspecified atom stereocenters. The van der Waals surface area contributed by atoms with E-state index in [1.807, 2.05) is 12.1 Å². The van der Waals surface area contributed by atoms with Gasteiger partial charge in [-0.2, -0.15) is 15.0 Å². The normalized spacial score (nSPS) is 15.5. The molecule has 4 aromatic rings. The van der Waals surface area contributed by atoms with Gasteiger partial charge >= 0.3 is 0 Å². The molecule has 10 nitrogen and oxygen atoms in total. The van der Waals surface area contributed by atoms with Crippen LogP contribution < -0.4 is 25.8 Å². The topological polar surface area (TPSA) is 107 Å². The summed E-state index contributed by atoms with van der Waals surface area (Å²) in [5, 5.41) is 11.2. The predicted octanol–water partition coefficient (Wildman–Crippen LogP) is 4.76. The van der Waals surface area contributed by atoms with Crippen molar-refractivity contribution in [2.75, 3.05) is 65.0 Å². The molecule has 2 fully saturated rings. The Labute approximate surface area is 238 Å². The van der Waals surface area contributed by atoms with Crippen LogP contribution in [-0.2, 0) is 0 Å². The number of nitrogens with one attached hydrogen (secondary N) is 3. The van der Waals surface area contributed by atoms with Crippen molar-refractivity contribution >= 4 is 72.1 Å². The van der Waals surface area contributed by atoms with Gasteiger partial charge in [-0.3, -0.25) is 0 Å². The minimum absolute atomic E-state index is 0.458. The Bertz CT molecular complexity index is 1410. The average molecular weight is 640 g/mol. The molecule has 0 atom stereocenters. The molecule has 1 saturated carbocycles. The number of aromatic nitrogens is 5. The molecule has 2 aromatic carbocycles. The maximum atomic E-state index is 4.77. The van der Waals surface area contributed by atoms with Crippen LogP contribution in [0, 0.1) is 0 Å². The molecule has 196 valence electrons. The fraction of sp³-hybridized carbons (Fsp3) is 0.346. The number of fused-ring (bicyclic) bond motifs is 1. The number of rotatable bonds is 9. The zero-order valence-electron chi connectivity index (χ0n) is 20.7. The first-order valence-corrected chi connectivity index (χ1v) is 14.4. The van der Waals surface area contributed by atoms with Gasteiger partial charge in [0.15, 0.2) is 0 Å². The summed E-state index contributed by atoms with van der Waals surface area (Å²) >= 11 is 7.13. The molecule has 2 aliphatic rings. The number of piperazine rings is 1. The van der Waals surface area contributed by atoms with E-state index in [4.69, 9.17) is 9.97 Å². The first-order valence-electron chi connectivity index (χ1n) is 12.8. The van der Waals surface area contributed by atoms with Crippen LogP contribution in [0.1, 0.15) is 12.8 Å². The summed E-state index contributed by atoms with van der Waals surface area (Å²) in [4.78, 5) is 27.6. The summed E-state index contributed by atoms with van der Waals surface area (Å²) in [6, 6.07) is 15.0. The average Bonchev–Trinajstić information content (AvgIpc) is 3.76. The van der Waals surface area contributed by atoms with Crippen molar-refractivity contribution in [3.8, 4) is 0 Å². The van der Waals surface area contributed by atoms with Crippen molar-refractivity contribution in [3.63, 3.8) is 0 Å². The van der Waals surface area contributed by atoms with Gasteiger partial charge < -0.3 is 25.8 Å². The Balaban J connectivity index is 1.11. The van der Waals surface area contributed by atoms with Crippen molar-refractivity contribution in [2.45, 2.75) is 18.9 Å². The lowest BCUT2D eigenvalue weighted by Crippen LogP contribution is -2.47. The molecule has 12 heteroatoms. The molecule has 1 aliphatic carbocycles. The van der Waals surface area contributed by atoms with E-state index in [0.29, 0.717) is 37.0 Å². The number of anilines is 5. The highest BCUT2D eigenvalue weighted by Crippen LogP contribution is 2.30. The quantitative estimate of drug-likeness (QED) is 0.222. The molecule has 0 bridgehead atoms. The van der Waals surface area contributed by atoms with Crippen molar-refractivity contribution in [3.05, 3.63) is 57.7 Å². The Morgan fingerprint density at radius 3 is 2.34 bits per heavy atom. The van der Waals surface area contributed by atoms with E-state index in [9.17, 15) is 0 Å². The molecule has 3 heterocycles. The Kier molecular flexibility index (Phi) is 7.41. The smallest absolute Gasteiger partial charge is 0.232 e. The summed E-state index contributed by atoms with van der Waals surface area (Å²) in [6.45, 7) is 4.82. The Hall–Kier alpha value is -3.25. The molecule has 1 saturated heterocycles. The van der Waals surface area contributed by atoms with Gasteiger partial charge in [0, 0.05) is 65.3 Å². The highest BCUT2D eigenvalue weighted by atomic mass is 79.9. The number of halogens is 2. The highest BCUT2D eigenvalue weighted by Gasteiger charge is 2.25. The van der Waals surface area contributed by atoms with E-state index in [1.165, 1.54) is 5.69 Å². The van der Waals surface area contributed by atoms with Crippen molar-refractivity contribution < 1.29 is 0 Å². The third kappa shape index (κ3) is 5.91. The number of hydrogen-bond acceptors (Lipinski definition) is 10. The molecular weight excluding hydrogens is 612 g/mol. The van der Waals surface area contributed by atoms with Crippen LogP contribution >= 0.6 is 31.9 Å². The molecule has 38 heavy (non-hydrogen) atoms. The maximum Gasteiger partial charge on any atom is 0.232 e. The second-order valence-electron chi connectivity index (χ2n) is 9.37. The largest absolute Gasteiger partial charge is 0.368 e. The zero-order chi connectivity index (χ0) is 25.9. The number of nitrogens with zero attached hydrogens (tertiary/aromatic N) is 7. The molecule has 2 aromatic heterocycles. The summed E-state index contributed by atoms with van der Waals surface area (Å²) in [5.41, 5.74) is 2.12. The van der Waals surface area contributed by atoms with E-state index < -0.39 is 0 Å². The van der Waals surface area contributed by atoms with Gasteiger partial charge in [-0.25, -0.2) is 9.97 Å². The molecule has 6 rings (SSSR count). The van der Waals surface area contributed by atoms with Crippen LogP contribution in [0.25, 0.3) is 10.9 Å². The molecule has 0 spiro atoms. The van der Waals surface area contributed by atoms with Gasteiger partial charge in [0.1, 0.15) is 12.1 Å². The Morgan fingerprint density at radius 1 is 0.816 bits per heavy atom. The van der Waals surface area contributed by atoms with Crippen LogP contribution in [0.2, 0.25) is 0 Å². The monoisotopic (exact) mass is 638 g/mol. The van der Waals surface area contributed by atoms with Crippen molar-refractivity contribution in [1.29, 1.82) is 0 Å². The van der Waals surface area contributed by atoms with Gasteiger partial charge in [0.25, 0.3) is 0 Å². The summed E-state index contributed by atoms with van der Waals surface area (Å²) < 4.78 is 1.88. The highest BCUT2D eigenvalue weighted by molar-refractivity contribution is 9.11. The minimum atomic E-state index is 0.458. The van der Waals surface area contributed by atoms with E-state index in [2.05, 4.69) is 103 Å². The molecule has 3 N–H and O–H groups in total. The van der Waals surface area contributed by atoms with Crippen molar-refractivity contribution in [2.24, 2.45) is 0 Å². The first-order chi connectivity index (χ1) is 18.6. The molecule has 0 radical (unpaired) electrons. The fourth-order valence-corrected chi connectivity index (χ4v) is 5.78. The van der Waals surface area contributed by atoms with Crippen LogP contribution in [0.3, 0.4) is 0 Å². The van der Waals surface area contributed by atoms with Crippen molar-refractivity contribution in [1.82, 2.24) is 24.9 Å². The van der Waals surface area contributed by atoms with Gasteiger partial charge in [0.2, 0.25) is 17.8 Å². The SMILES string of the molecule is Brc1cc(Br)c2ncnc(NCCNc3nc(NC4CC4)nc(N4CCN(c5ccccc5)CC4)n3)c2c1. The van der Waals surface area contributed by atoms with Crippen LogP contribution in [-0.4, -0.2) is 70.2 Å². The lowest BCUT2D eigenvalue weighted by Gasteiger charge is -2.36. The van der Waals surface area contributed by atoms with Crippen LogP contribution in [0.5, 0.6) is 0 Å². The van der Waals surface area contributed by atoms with Gasteiger partial charge in [-0.1, -0.05) is 34.1 Å². The van der Waals surface area contributed by atoms with Crippen LogP contribution in [0.4, 0.5) is 29.4 Å². The second kappa shape index (κ2) is 11.2. The lowest BCUT2D eigenvalue weighted by molar-refractivity contribution is 0.639. The van der Waals surface area contributed by atoms with E-state index in [-0.39, 0.29) is 0 Å². The predicted molar refractivity (Wildman–Crippen MR) is 159 cm³/mol. The lowest BCUT2D eigenvalue weighted by atomic mass is 10.2. The summed E-state index contributed by atoms with van der Waals surface area (Å²) in [5.74, 6) is 2.70. The number of para-hydroxylation sites is 1. The molecule has 0 amide bonds. The number of hydrogen-bond donors (Lipinski definition) is 3. The van der Waals surface area contributed by atoms with E-state index >= 15 is 0 Å². The number of benzene rings is 2. The zero-order valence-corrected chi connectivity index (χ0v) is 23.9. The molecule has 1 aliphatic heterocycles. The maximum absolute atomic E-state index is 4.77. The first kappa shape index (κ1) is 25.1. The third-order valence-electron chi connectivity index (χ3n) is 6.58. The second-order valence-corrected chi connectivity index (χ2v) is 11.1. The molecular formula is C26H28Br2N10. The standard InChI is InChI=1S/C26H28Br2N10/c27-17-14-20-22(21(28)15-17)31-16-32-23(20)29-8-9-30-24-34-25(33-18-6-7-18)36-26(35-24)38-12-10-37(11-13-38)19-4-2-1-3-5-19/h1-5,14-16,18H,6-13H2,(H,29,31,32)(H2,30,33,34,35,36). The summed E-state index contributed by atoms with van der Waals surface area (Å²) in [7, 11) is 0. The van der Waals surface area contributed by atoms with E-state index in [1.54, 1.807) is 6.33 Å². The minimum Gasteiger partial charge on any atom is -0.368 e. The fourth-order valence-electron chi connectivity index (χ4n) is 4.45. The third-order valence-corrected chi connectivity index (χ3v) is 7.64. The van der Waals surface area contributed by atoms with Gasteiger partial charge in [0.05, 0.1) is 5.52 Å². The van der Waals surface area contributed by atoms with Crippen LogP contribution in [0.15, 0.2) is 57.7 Å². The van der Waals surface area contributed by atoms with E-state index in [0.717, 1.165) is 64.7 Å².